The molecule has 2 amide bonds. The summed E-state index contributed by atoms with van der Waals surface area (Å²) in [6.07, 6.45) is 2.00. The molecule has 33 heavy (non-hydrogen) atoms. The number of aryl methyl sites for hydroxylation is 1. The van der Waals surface area contributed by atoms with E-state index in [9.17, 15) is 9.18 Å². The molecule has 0 unspecified atom stereocenters. The van der Waals surface area contributed by atoms with Crippen LogP contribution in [0.25, 0.3) is 5.69 Å². The summed E-state index contributed by atoms with van der Waals surface area (Å²) in [5, 5.41) is 3.04. The maximum absolute atomic E-state index is 13.8. The number of nitrogens with one attached hydrogen (secondary N) is 1. The van der Waals surface area contributed by atoms with Crippen molar-refractivity contribution in [3.05, 3.63) is 113 Å². The van der Waals surface area contributed by atoms with Gasteiger partial charge in [0.2, 0.25) is 0 Å². The van der Waals surface area contributed by atoms with Crippen LogP contribution in [-0.2, 0) is 6.54 Å². The van der Waals surface area contributed by atoms with Crippen LogP contribution in [0, 0.1) is 12.7 Å². The first-order valence-corrected chi connectivity index (χ1v) is 10.8. The molecule has 6 heteroatoms. The van der Waals surface area contributed by atoms with Crippen molar-refractivity contribution in [2.75, 3.05) is 12.4 Å². The Morgan fingerprint density at radius 1 is 1.03 bits per heavy atom. The van der Waals surface area contributed by atoms with E-state index >= 15 is 0 Å². The van der Waals surface area contributed by atoms with Crippen molar-refractivity contribution in [1.82, 2.24) is 9.47 Å². The van der Waals surface area contributed by atoms with Crippen molar-refractivity contribution >= 4 is 11.7 Å². The van der Waals surface area contributed by atoms with Crippen LogP contribution in [0.2, 0.25) is 0 Å². The first-order chi connectivity index (χ1) is 16.0. The summed E-state index contributed by atoms with van der Waals surface area (Å²) in [4.78, 5) is 15.6. The Kier molecular flexibility index (Phi) is 5.34. The second-order valence-corrected chi connectivity index (χ2v) is 8.15. The molecule has 1 atom stereocenters. The summed E-state index contributed by atoms with van der Waals surface area (Å²) in [5.41, 5.74) is 5.41. The average Bonchev–Trinajstić information content (AvgIpc) is 3.24. The first-order valence-electron chi connectivity index (χ1n) is 10.8. The van der Waals surface area contributed by atoms with Gasteiger partial charge in [0, 0.05) is 11.9 Å². The number of carbonyl (C=O) groups is 1. The molecule has 4 aromatic rings. The molecule has 0 fully saturated rings. The van der Waals surface area contributed by atoms with Crippen LogP contribution in [0.15, 0.2) is 85.1 Å². The summed E-state index contributed by atoms with van der Waals surface area (Å²) in [6, 6.07) is 23.3. The fourth-order valence-electron chi connectivity index (χ4n) is 4.44. The standard InChI is InChI=1S/C27H24FN3O2/c1-18-9-14-25(33-2)22(16-18)29-27(32)31-17-20-6-3-4-7-23(20)30-15-5-8-24(30)26(31)19-10-12-21(28)13-11-19/h3-16,26H,17H2,1-2H3,(H,29,32)/t26-/m0/s1. The number of amides is 2. The van der Waals surface area contributed by atoms with E-state index < -0.39 is 6.04 Å². The molecule has 1 aliphatic rings. The number of methoxy groups -OCH3 is 1. The number of hydrogen-bond acceptors (Lipinski definition) is 2. The Balaban J connectivity index is 1.63. The van der Waals surface area contributed by atoms with Crippen molar-refractivity contribution < 1.29 is 13.9 Å². The lowest BCUT2D eigenvalue weighted by Gasteiger charge is -2.31. The summed E-state index contributed by atoms with van der Waals surface area (Å²) in [5.74, 6) is 0.275. The van der Waals surface area contributed by atoms with Crippen LogP contribution in [0.1, 0.15) is 28.4 Å². The van der Waals surface area contributed by atoms with E-state index in [1.54, 1.807) is 24.1 Å². The fourth-order valence-corrected chi connectivity index (χ4v) is 4.44. The third-order valence-electron chi connectivity index (χ3n) is 6.01. The highest BCUT2D eigenvalue weighted by Gasteiger charge is 2.33. The molecule has 166 valence electrons. The van der Waals surface area contributed by atoms with E-state index in [2.05, 4.69) is 9.88 Å². The molecule has 5 nitrogen and oxygen atoms in total. The van der Waals surface area contributed by atoms with Gasteiger partial charge in [0.1, 0.15) is 11.6 Å². The molecule has 0 spiro atoms. The van der Waals surface area contributed by atoms with E-state index in [-0.39, 0.29) is 11.8 Å². The van der Waals surface area contributed by atoms with Gasteiger partial charge in [0.05, 0.1) is 31.1 Å². The smallest absolute Gasteiger partial charge is 0.323 e. The lowest BCUT2D eigenvalue weighted by Crippen LogP contribution is -2.38. The monoisotopic (exact) mass is 441 g/mol. The molecule has 0 saturated heterocycles. The van der Waals surface area contributed by atoms with Gasteiger partial charge in [0.25, 0.3) is 0 Å². The number of nitrogens with zero attached hydrogens (tertiary/aromatic N) is 2. The Labute approximate surface area is 192 Å². The molecule has 2 heterocycles. The molecule has 0 bridgehead atoms. The molecule has 3 aromatic carbocycles. The van der Waals surface area contributed by atoms with Crippen LogP contribution in [0.4, 0.5) is 14.9 Å². The zero-order valence-corrected chi connectivity index (χ0v) is 18.5. The van der Waals surface area contributed by atoms with Gasteiger partial charge < -0.3 is 19.5 Å². The number of urea groups is 1. The maximum atomic E-state index is 13.8. The van der Waals surface area contributed by atoms with Crippen LogP contribution in [-0.4, -0.2) is 22.6 Å². The highest BCUT2D eigenvalue weighted by Crippen LogP contribution is 2.37. The van der Waals surface area contributed by atoms with E-state index in [1.165, 1.54) is 12.1 Å². The second kappa shape index (κ2) is 8.47. The van der Waals surface area contributed by atoms with Gasteiger partial charge >= 0.3 is 6.03 Å². The van der Waals surface area contributed by atoms with Crippen LogP contribution < -0.4 is 10.1 Å². The van der Waals surface area contributed by atoms with Gasteiger partial charge in [-0.15, -0.1) is 0 Å². The van der Waals surface area contributed by atoms with Crippen molar-refractivity contribution in [1.29, 1.82) is 0 Å². The average molecular weight is 442 g/mol. The van der Waals surface area contributed by atoms with Gasteiger partial charge in [0.15, 0.2) is 0 Å². The maximum Gasteiger partial charge on any atom is 0.323 e. The number of rotatable bonds is 3. The quantitative estimate of drug-likeness (QED) is 0.419. The lowest BCUT2D eigenvalue weighted by molar-refractivity contribution is 0.194. The topological polar surface area (TPSA) is 46.5 Å². The number of para-hydroxylation sites is 1. The molecule has 5 rings (SSSR count). The summed E-state index contributed by atoms with van der Waals surface area (Å²) in [6.45, 7) is 2.35. The molecular formula is C27H24FN3O2. The molecule has 1 aliphatic heterocycles. The number of halogens is 1. The van der Waals surface area contributed by atoms with Gasteiger partial charge in [-0.25, -0.2) is 9.18 Å². The Morgan fingerprint density at radius 2 is 1.82 bits per heavy atom. The van der Waals surface area contributed by atoms with Gasteiger partial charge in [-0.2, -0.15) is 0 Å². The van der Waals surface area contributed by atoms with Gasteiger partial charge in [-0.1, -0.05) is 36.4 Å². The van der Waals surface area contributed by atoms with Crippen LogP contribution in [0.3, 0.4) is 0 Å². The van der Waals surface area contributed by atoms with Gasteiger partial charge in [-0.05, 0) is 66.1 Å². The van der Waals surface area contributed by atoms with Crippen molar-refractivity contribution in [3.63, 3.8) is 0 Å². The van der Waals surface area contributed by atoms with Crippen molar-refractivity contribution in [3.8, 4) is 11.4 Å². The van der Waals surface area contributed by atoms with E-state index in [0.29, 0.717) is 18.0 Å². The molecule has 1 aromatic heterocycles. The number of aromatic nitrogens is 1. The van der Waals surface area contributed by atoms with Crippen molar-refractivity contribution in [2.24, 2.45) is 0 Å². The minimum atomic E-state index is -0.413. The largest absolute Gasteiger partial charge is 0.495 e. The van der Waals surface area contributed by atoms with Gasteiger partial charge in [-0.3, -0.25) is 0 Å². The van der Waals surface area contributed by atoms with E-state index in [0.717, 1.165) is 28.1 Å². The number of anilines is 1. The number of benzene rings is 3. The minimum Gasteiger partial charge on any atom is -0.495 e. The predicted molar refractivity (Wildman–Crippen MR) is 126 cm³/mol. The zero-order valence-electron chi connectivity index (χ0n) is 18.5. The third-order valence-corrected chi connectivity index (χ3v) is 6.01. The minimum absolute atomic E-state index is 0.266. The van der Waals surface area contributed by atoms with E-state index in [1.807, 2.05) is 67.7 Å². The molecular weight excluding hydrogens is 417 g/mol. The van der Waals surface area contributed by atoms with Crippen LogP contribution in [0.5, 0.6) is 5.75 Å². The highest BCUT2D eigenvalue weighted by atomic mass is 19.1. The summed E-state index contributed by atoms with van der Waals surface area (Å²) < 4.78 is 21.3. The molecule has 1 N–H and O–H groups in total. The molecule has 0 aliphatic carbocycles. The molecule has 0 radical (unpaired) electrons. The lowest BCUT2D eigenvalue weighted by atomic mass is 10.0. The number of fused-ring (bicyclic) bond motifs is 3. The Bertz CT molecular complexity index is 1310. The Morgan fingerprint density at radius 3 is 2.61 bits per heavy atom. The Hall–Kier alpha value is -4.06. The first kappa shape index (κ1) is 20.8. The highest BCUT2D eigenvalue weighted by molar-refractivity contribution is 5.92. The van der Waals surface area contributed by atoms with Crippen molar-refractivity contribution in [2.45, 2.75) is 19.5 Å². The number of carbonyl (C=O) groups excluding carboxylic acids is 1. The number of hydrogen-bond donors (Lipinski definition) is 1. The normalized spacial score (nSPS) is 14.8. The zero-order chi connectivity index (χ0) is 22.9. The third kappa shape index (κ3) is 3.84. The SMILES string of the molecule is COc1ccc(C)cc1NC(=O)N1Cc2ccccc2-n2cccc2[C@@H]1c1ccc(F)cc1. The summed E-state index contributed by atoms with van der Waals surface area (Å²) in [7, 11) is 1.58. The predicted octanol–water partition coefficient (Wildman–Crippen LogP) is 6.07. The molecule has 0 saturated carbocycles. The van der Waals surface area contributed by atoms with E-state index in [4.69, 9.17) is 4.74 Å². The van der Waals surface area contributed by atoms with Crippen LogP contribution >= 0.6 is 0 Å². The second-order valence-electron chi connectivity index (χ2n) is 8.15. The number of ether oxygens (including phenoxy) is 1. The summed E-state index contributed by atoms with van der Waals surface area (Å²) >= 11 is 0. The fraction of sp³-hybridized carbons (Fsp3) is 0.148.